The van der Waals surface area contributed by atoms with Gasteiger partial charge in [-0.15, -0.1) is 0 Å². The first-order valence-electron chi connectivity index (χ1n) is 7.88. The van der Waals surface area contributed by atoms with Crippen LogP contribution in [-0.2, 0) is 9.53 Å². The number of aliphatic carboxylic acids is 1. The van der Waals surface area contributed by atoms with Crippen molar-refractivity contribution in [2.45, 2.75) is 31.8 Å². The molecule has 1 unspecified atom stereocenters. The molecule has 0 aromatic heterocycles. The smallest absolute Gasteiger partial charge is 0.303 e. The van der Waals surface area contributed by atoms with E-state index in [0.29, 0.717) is 30.9 Å². The fourth-order valence-electron chi connectivity index (χ4n) is 2.47. The molecular weight excluding hydrogens is 298 g/mol. The highest BCUT2D eigenvalue weighted by Crippen LogP contribution is 2.18. The van der Waals surface area contributed by atoms with Crippen molar-refractivity contribution in [1.82, 2.24) is 4.90 Å². The number of carbonyl (C=O) groups excluding carboxylic acids is 1. The van der Waals surface area contributed by atoms with Crippen molar-refractivity contribution in [3.63, 3.8) is 0 Å². The van der Waals surface area contributed by atoms with Gasteiger partial charge in [0.15, 0.2) is 0 Å². The van der Waals surface area contributed by atoms with Crippen LogP contribution < -0.4 is 4.74 Å². The third-order valence-electron chi connectivity index (χ3n) is 3.77. The molecule has 1 aliphatic rings. The van der Waals surface area contributed by atoms with Gasteiger partial charge < -0.3 is 19.5 Å². The molecule has 0 radical (unpaired) electrons. The molecule has 1 amide bonds. The quantitative estimate of drug-likeness (QED) is 0.794. The molecule has 1 aromatic rings. The first-order valence-corrected chi connectivity index (χ1v) is 7.88. The molecule has 1 aromatic carbocycles. The van der Waals surface area contributed by atoms with Crippen LogP contribution in [0.1, 0.15) is 36.0 Å². The van der Waals surface area contributed by atoms with Crippen molar-refractivity contribution < 1.29 is 24.2 Å². The van der Waals surface area contributed by atoms with E-state index < -0.39 is 5.97 Å². The van der Waals surface area contributed by atoms with E-state index in [-0.39, 0.29) is 18.4 Å². The van der Waals surface area contributed by atoms with Gasteiger partial charge in [0.05, 0.1) is 6.10 Å². The summed E-state index contributed by atoms with van der Waals surface area (Å²) < 4.78 is 11.2. The van der Waals surface area contributed by atoms with Crippen LogP contribution in [0.25, 0.3) is 0 Å². The van der Waals surface area contributed by atoms with Crippen LogP contribution in [0, 0.1) is 0 Å². The van der Waals surface area contributed by atoms with Crippen molar-refractivity contribution in [3.05, 3.63) is 29.8 Å². The van der Waals surface area contributed by atoms with E-state index in [9.17, 15) is 9.59 Å². The fourth-order valence-corrected chi connectivity index (χ4v) is 2.47. The lowest BCUT2D eigenvalue weighted by Gasteiger charge is -2.17. The maximum absolute atomic E-state index is 12.3. The molecule has 2 rings (SSSR count). The van der Waals surface area contributed by atoms with Gasteiger partial charge in [-0.1, -0.05) is 6.07 Å². The summed E-state index contributed by atoms with van der Waals surface area (Å²) in [5.41, 5.74) is 0.535. The minimum absolute atomic E-state index is 0.0577. The zero-order chi connectivity index (χ0) is 16.7. The summed E-state index contributed by atoms with van der Waals surface area (Å²) in [7, 11) is 1.67. The lowest BCUT2D eigenvalue weighted by molar-refractivity contribution is -0.137. The van der Waals surface area contributed by atoms with Crippen LogP contribution >= 0.6 is 0 Å². The first-order chi connectivity index (χ1) is 11.1. The Hall–Kier alpha value is -2.08. The SMILES string of the molecule is CN(CCCC(=O)O)C(=O)c1cccc(OCC2CCCO2)c1. The van der Waals surface area contributed by atoms with E-state index in [2.05, 4.69) is 0 Å². The summed E-state index contributed by atoms with van der Waals surface area (Å²) >= 11 is 0. The van der Waals surface area contributed by atoms with E-state index >= 15 is 0 Å². The molecule has 1 aliphatic heterocycles. The number of hydrogen-bond acceptors (Lipinski definition) is 4. The number of amides is 1. The van der Waals surface area contributed by atoms with Crippen LogP contribution in [0.5, 0.6) is 5.75 Å². The number of ether oxygens (including phenoxy) is 2. The summed E-state index contributed by atoms with van der Waals surface area (Å²) in [6, 6.07) is 7.04. The molecule has 1 fully saturated rings. The third kappa shape index (κ3) is 5.56. The third-order valence-corrected chi connectivity index (χ3v) is 3.77. The number of benzene rings is 1. The summed E-state index contributed by atoms with van der Waals surface area (Å²) in [5, 5.41) is 8.64. The molecule has 23 heavy (non-hydrogen) atoms. The average molecular weight is 321 g/mol. The second-order valence-electron chi connectivity index (χ2n) is 5.70. The number of rotatable bonds is 8. The Bertz CT molecular complexity index is 540. The van der Waals surface area contributed by atoms with Crippen molar-refractivity contribution in [2.75, 3.05) is 26.8 Å². The van der Waals surface area contributed by atoms with Gasteiger partial charge >= 0.3 is 5.97 Å². The van der Waals surface area contributed by atoms with Crippen LogP contribution in [0.2, 0.25) is 0 Å². The molecule has 0 spiro atoms. The molecule has 6 nitrogen and oxygen atoms in total. The molecule has 0 saturated carbocycles. The van der Waals surface area contributed by atoms with Crippen LogP contribution in [-0.4, -0.2) is 54.8 Å². The Morgan fingerprint density at radius 1 is 1.43 bits per heavy atom. The Balaban J connectivity index is 1.86. The lowest BCUT2D eigenvalue weighted by Crippen LogP contribution is -2.28. The van der Waals surface area contributed by atoms with Crippen molar-refractivity contribution in [2.24, 2.45) is 0 Å². The molecule has 1 N–H and O–H groups in total. The molecule has 0 aliphatic carbocycles. The predicted octanol–water partition coefficient (Wildman–Crippen LogP) is 2.18. The molecule has 6 heteroatoms. The molecule has 0 bridgehead atoms. The Kier molecular flexibility index (Phi) is 6.40. The number of hydrogen-bond donors (Lipinski definition) is 1. The predicted molar refractivity (Wildman–Crippen MR) is 84.7 cm³/mol. The Morgan fingerprint density at radius 2 is 2.26 bits per heavy atom. The number of nitrogens with zero attached hydrogens (tertiary/aromatic N) is 1. The topological polar surface area (TPSA) is 76.1 Å². The Labute approximate surface area is 136 Å². The first kappa shape index (κ1) is 17.3. The van der Waals surface area contributed by atoms with E-state index in [1.165, 1.54) is 4.90 Å². The minimum atomic E-state index is -0.852. The minimum Gasteiger partial charge on any atom is -0.491 e. The number of carboxylic acids is 1. The van der Waals surface area contributed by atoms with Crippen molar-refractivity contribution in [1.29, 1.82) is 0 Å². The summed E-state index contributed by atoms with van der Waals surface area (Å²) in [4.78, 5) is 24.4. The van der Waals surface area contributed by atoms with Crippen LogP contribution in [0.4, 0.5) is 0 Å². The van der Waals surface area contributed by atoms with Gasteiger partial charge in [-0.05, 0) is 37.5 Å². The molecule has 1 saturated heterocycles. The van der Waals surface area contributed by atoms with E-state index in [1.807, 2.05) is 6.07 Å². The highest BCUT2D eigenvalue weighted by Gasteiger charge is 2.17. The van der Waals surface area contributed by atoms with E-state index in [0.717, 1.165) is 19.4 Å². The standard InChI is InChI=1S/C17H23NO5/c1-18(9-3-8-16(19)20)17(21)13-5-2-6-14(11-13)23-12-15-7-4-10-22-15/h2,5-6,11,15H,3-4,7-10,12H2,1H3,(H,19,20). The van der Waals surface area contributed by atoms with Gasteiger partial charge in [0, 0.05) is 32.2 Å². The molecular formula is C17H23NO5. The van der Waals surface area contributed by atoms with Gasteiger partial charge in [-0.3, -0.25) is 9.59 Å². The van der Waals surface area contributed by atoms with E-state index in [4.69, 9.17) is 14.6 Å². The Morgan fingerprint density at radius 3 is 2.96 bits per heavy atom. The van der Waals surface area contributed by atoms with Crippen molar-refractivity contribution >= 4 is 11.9 Å². The van der Waals surface area contributed by atoms with Crippen LogP contribution in [0.15, 0.2) is 24.3 Å². The summed E-state index contributed by atoms with van der Waals surface area (Å²) in [5.74, 6) is -0.349. The zero-order valence-electron chi connectivity index (χ0n) is 13.4. The average Bonchev–Trinajstić information content (AvgIpc) is 3.05. The maximum atomic E-state index is 12.3. The summed E-state index contributed by atoms with van der Waals surface area (Å²) in [6.45, 7) is 1.69. The number of carbonyl (C=O) groups is 2. The molecule has 1 heterocycles. The monoisotopic (exact) mass is 321 g/mol. The second-order valence-corrected chi connectivity index (χ2v) is 5.70. The number of carboxylic acid groups (broad SMARTS) is 1. The second kappa shape index (κ2) is 8.53. The van der Waals surface area contributed by atoms with Gasteiger partial charge in [0.25, 0.3) is 5.91 Å². The molecule has 126 valence electrons. The zero-order valence-corrected chi connectivity index (χ0v) is 13.4. The van der Waals surface area contributed by atoms with Gasteiger partial charge in [-0.25, -0.2) is 0 Å². The van der Waals surface area contributed by atoms with Crippen LogP contribution in [0.3, 0.4) is 0 Å². The lowest BCUT2D eigenvalue weighted by atomic mass is 10.2. The normalized spacial score (nSPS) is 17.0. The van der Waals surface area contributed by atoms with Gasteiger partial charge in [0.1, 0.15) is 12.4 Å². The maximum Gasteiger partial charge on any atom is 0.303 e. The summed E-state index contributed by atoms with van der Waals surface area (Å²) in [6.07, 6.45) is 2.70. The van der Waals surface area contributed by atoms with E-state index in [1.54, 1.807) is 25.2 Å². The highest BCUT2D eigenvalue weighted by molar-refractivity contribution is 5.94. The highest BCUT2D eigenvalue weighted by atomic mass is 16.5. The van der Waals surface area contributed by atoms with Crippen molar-refractivity contribution in [3.8, 4) is 5.75 Å². The van der Waals surface area contributed by atoms with Gasteiger partial charge in [-0.2, -0.15) is 0 Å². The largest absolute Gasteiger partial charge is 0.491 e. The van der Waals surface area contributed by atoms with Gasteiger partial charge in [0.2, 0.25) is 0 Å². The molecule has 1 atom stereocenters. The fraction of sp³-hybridized carbons (Fsp3) is 0.529.